The molecule has 0 aliphatic rings. The number of amides is 3. The Labute approximate surface area is 128 Å². The highest BCUT2D eigenvalue weighted by Crippen LogP contribution is 2.07. The van der Waals surface area contributed by atoms with Crippen LogP contribution in [0.25, 0.3) is 0 Å². The van der Waals surface area contributed by atoms with Gasteiger partial charge in [-0.15, -0.1) is 0 Å². The molecule has 9 heteroatoms. The van der Waals surface area contributed by atoms with Gasteiger partial charge in [0.25, 0.3) is 0 Å². The van der Waals surface area contributed by atoms with Crippen LogP contribution in [-0.4, -0.2) is 48.7 Å². The molecule has 0 rings (SSSR count). The van der Waals surface area contributed by atoms with Crippen molar-refractivity contribution in [1.29, 1.82) is 0 Å². The molecule has 0 radical (unpaired) electrons. The van der Waals surface area contributed by atoms with Crippen molar-refractivity contribution in [3.8, 4) is 0 Å². The summed E-state index contributed by atoms with van der Waals surface area (Å²) in [5.74, 6) is -2.16. The monoisotopic (exact) mass is 317 g/mol. The van der Waals surface area contributed by atoms with Gasteiger partial charge in [0.1, 0.15) is 18.2 Å². The van der Waals surface area contributed by atoms with Gasteiger partial charge in [0.05, 0.1) is 13.0 Å². The molecule has 0 aromatic heterocycles. The molecule has 0 saturated heterocycles. The van der Waals surface area contributed by atoms with Gasteiger partial charge >= 0.3 is 12.1 Å². The number of primary amides is 1. The molecule has 0 fully saturated rings. The summed E-state index contributed by atoms with van der Waals surface area (Å²) in [5.41, 5.74) is 4.27. The predicted octanol–water partition coefficient (Wildman–Crippen LogP) is -0.566. The molecule has 0 bridgehead atoms. The molecule has 0 unspecified atom stereocenters. The smallest absolute Gasteiger partial charge is 0.408 e. The fourth-order valence-electron chi connectivity index (χ4n) is 1.35. The molecule has 0 saturated carbocycles. The lowest BCUT2D eigenvalue weighted by Crippen LogP contribution is -2.50. The van der Waals surface area contributed by atoms with E-state index in [9.17, 15) is 19.2 Å². The van der Waals surface area contributed by atoms with E-state index in [1.165, 1.54) is 0 Å². The van der Waals surface area contributed by atoms with E-state index in [1.807, 2.05) is 0 Å². The minimum Gasteiger partial charge on any atom is -0.465 e. The average Bonchev–Trinajstić information content (AvgIpc) is 2.32. The van der Waals surface area contributed by atoms with Gasteiger partial charge in [0.2, 0.25) is 11.8 Å². The van der Waals surface area contributed by atoms with Gasteiger partial charge < -0.3 is 25.8 Å². The molecule has 0 aromatic carbocycles. The third kappa shape index (κ3) is 9.56. The van der Waals surface area contributed by atoms with E-state index in [2.05, 4.69) is 15.4 Å². The summed E-state index contributed by atoms with van der Waals surface area (Å²) < 4.78 is 9.63. The van der Waals surface area contributed by atoms with Crippen LogP contribution in [0.15, 0.2) is 0 Å². The Bertz CT molecular complexity index is 430. The molecule has 0 aliphatic heterocycles. The SMILES string of the molecule is CCOC(=O)CNC(=O)[C@H](CC(N)=O)NC(=O)OC(C)(C)C. The van der Waals surface area contributed by atoms with Gasteiger partial charge in [-0.1, -0.05) is 0 Å². The Morgan fingerprint density at radius 3 is 2.23 bits per heavy atom. The number of nitrogens with two attached hydrogens (primary N) is 1. The van der Waals surface area contributed by atoms with Crippen LogP contribution in [0, 0.1) is 0 Å². The summed E-state index contributed by atoms with van der Waals surface area (Å²) in [6, 6.07) is -1.23. The van der Waals surface area contributed by atoms with Crippen LogP contribution in [0.1, 0.15) is 34.1 Å². The molecular formula is C13H23N3O6. The Morgan fingerprint density at radius 2 is 1.77 bits per heavy atom. The highest BCUT2D eigenvalue weighted by atomic mass is 16.6. The van der Waals surface area contributed by atoms with Gasteiger partial charge in [0.15, 0.2) is 0 Å². The number of carbonyl (C=O) groups excluding carboxylic acids is 4. The lowest BCUT2D eigenvalue weighted by Gasteiger charge is -2.22. The first kappa shape index (κ1) is 19.7. The number of alkyl carbamates (subject to hydrolysis) is 1. The second-order valence-corrected chi connectivity index (χ2v) is 5.39. The molecule has 4 N–H and O–H groups in total. The van der Waals surface area contributed by atoms with Gasteiger partial charge in [0, 0.05) is 0 Å². The zero-order valence-electron chi connectivity index (χ0n) is 13.2. The van der Waals surface area contributed by atoms with Gasteiger partial charge in [-0.2, -0.15) is 0 Å². The number of hydrogen-bond donors (Lipinski definition) is 3. The number of carbonyl (C=O) groups is 4. The summed E-state index contributed by atoms with van der Waals surface area (Å²) >= 11 is 0. The number of nitrogens with one attached hydrogen (secondary N) is 2. The van der Waals surface area contributed by atoms with E-state index < -0.39 is 41.9 Å². The molecule has 3 amide bonds. The molecule has 126 valence electrons. The summed E-state index contributed by atoms with van der Waals surface area (Å²) in [5, 5.41) is 4.48. The molecule has 22 heavy (non-hydrogen) atoms. The fourth-order valence-corrected chi connectivity index (χ4v) is 1.35. The standard InChI is InChI=1S/C13H23N3O6/c1-5-21-10(18)7-15-11(19)8(6-9(14)17)16-12(20)22-13(2,3)4/h8H,5-7H2,1-4H3,(H2,14,17)(H,15,19)(H,16,20)/t8-/m0/s1. The van der Waals surface area contributed by atoms with Crippen LogP contribution in [0.4, 0.5) is 4.79 Å². The van der Waals surface area contributed by atoms with Crippen LogP contribution in [0.5, 0.6) is 0 Å². The molecule has 9 nitrogen and oxygen atoms in total. The normalized spacial score (nSPS) is 12.0. The summed E-state index contributed by atoms with van der Waals surface area (Å²) in [6.07, 6.45) is -1.29. The summed E-state index contributed by atoms with van der Waals surface area (Å²) in [4.78, 5) is 45.7. The quantitative estimate of drug-likeness (QED) is 0.538. The number of rotatable bonds is 7. The van der Waals surface area contributed by atoms with Crippen LogP contribution in [0.3, 0.4) is 0 Å². The number of hydrogen-bond acceptors (Lipinski definition) is 6. The van der Waals surface area contributed by atoms with Crippen LogP contribution < -0.4 is 16.4 Å². The predicted molar refractivity (Wildman–Crippen MR) is 76.6 cm³/mol. The average molecular weight is 317 g/mol. The van der Waals surface area contributed by atoms with E-state index in [0.29, 0.717) is 0 Å². The van der Waals surface area contributed by atoms with Crippen molar-refractivity contribution in [1.82, 2.24) is 10.6 Å². The van der Waals surface area contributed by atoms with E-state index in [4.69, 9.17) is 10.5 Å². The third-order valence-electron chi connectivity index (χ3n) is 2.13. The zero-order valence-corrected chi connectivity index (χ0v) is 13.2. The first-order chi connectivity index (χ1) is 10.0. The summed E-state index contributed by atoms with van der Waals surface area (Å²) in [6.45, 7) is 6.37. The van der Waals surface area contributed by atoms with Crippen molar-refractivity contribution in [3.63, 3.8) is 0 Å². The topological polar surface area (TPSA) is 137 Å². The highest BCUT2D eigenvalue weighted by Gasteiger charge is 2.26. The number of ether oxygens (including phenoxy) is 2. The second-order valence-electron chi connectivity index (χ2n) is 5.39. The molecule has 0 aromatic rings. The summed E-state index contributed by atoms with van der Waals surface area (Å²) in [7, 11) is 0. The van der Waals surface area contributed by atoms with Crippen LogP contribution in [-0.2, 0) is 23.9 Å². The van der Waals surface area contributed by atoms with Crippen molar-refractivity contribution in [3.05, 3.63) is 0 Å². The second kappa shape index (κ2) is 8.85. The molecular weight excluding hydrogens is 294 g/mol. The zero-order chi connectivity index (χ0) is 17.3. The Hall–Kier alpha value is -2.32. The maximum absolute atomic E-state index is 11.9. The van der Waals surface area contributed by atoms with Gasteiger partial charge in [-0.05, 0) is 27.7 Å². The van der Waals surface area contributed by atoms with Gasteiger partial charge in [-0.3, -0.25) is 14.4 Å². The molecule has 0 heterocycles. The molecule has 1 atom stereocenters. The van der Waals surface area contributed by atoms with Crippen LogP contribution >= 0.6 is 0 Å². The Balaban J connectivity index is 4.62. The lowest BCUT2D eigenvalue weighted by molar-refractivity contribution is -0.143. The molecule has 0 spiro atoms. The Morgan fingerprint density at radius 1 is 1.18 bits per heavy atom. The van der Waals surface area contributed by atoms with Crippen molar-refractivity contribution >= 4 is 23.9 Å². The van der Waals surface area contributed by atoms with E-state index in [0.717, 1.165) is 0 Å². The van der Waals surface area contributed by atoms with E-state index >= 15 is 0 Å². The Kier molecular flexibility index (Phi) is 7.92. The molecule has 0 aliphatic carbocycles. The largest absolute Gasteiger partial charge is 0.465 e. The van der Waals surface area contributed by atoms with E-state index in [-0.39, 0.29) is 13.2 Å². The van der Waals surface area contributed by atoms with Crippen LogP contribution in [0.2, 0.25) is 0 Å². The highest BCUT2D eigenvalue weighted by molar-refractivity contribution is 5.92. The van der Waals surface area contributed by atoms with Crippen molar-refractivity contribution < 1.29 is 28.7 Å². The first-order valence-corrected chi connectivity index (χ1v) is 6.76. The lowest BCUT2D eigenvalue weighted by atomic mass is 10.2. The maximum Gasteiger partial charge on any atom is 0.408 e. The number of esters is 1. The van der Waals surface area contributed by atoms with Crippen molar-refractivity contribution in [2.75, 3.05) is 13.2 Å². The van der Waals surface area contributed by atoms with Gasteiger partial charge in [-0.25, -0.2) is 4.79 Å². The fraction of sp³-hybridized carbons (Fsp3) is 0.692. The minimum atomic E-state index is -1.23. The minimum absolute atomic E-state index is 0.176. The maximum atomic E-state index is 11.9. The van der Waals surface area contributed by atoms with Crippen molar-refractivity contribution in [2.24, 2.45) is 5.73 Å². The first-order valence-electron chi connectivity index (χ1n) is 6.76. The van der Waals surface area contributed by atoms with Crippen molar-refractivity contribution in [2.45, 2.75) is 45.8 Å². The third-order valence-corrected chi connectivity index (χ3v) is 2.13. The van der Waals surface area contributed by atoms with E-state index in [1.54, 1.807) is 27.7 Å².